The van der Waals surface area contributed by atoms with Gasteiger partial charge in [-0.05, 0) is 23.5 Å². The Balaban J connectivity index is 2.71. The highest BCUT2D eigenvalue weighted by Crippen LogP contribution is 2.10. The lowest BCUT2D eigenvalue weighted by Crippen LogP contribution is -2.43. The standard InChI is InChI=1S/C16H24N2O3/c1-11(2)8-14(16(20)21-3)18-15(19)9-12-6-4-5-7-13(12)10-17/h4-7,11,14H,8-10,17H2,1-3H3,(H,18,19). The van der Waals surface area contributed by atoms with Crippen LogP contribution < -0.4 is 11.1 Å². The Hall–Kier alpha value is -1.88. The number of carbonyl (C=O) groups excluding carboxylic acids is 2. The average Bonchev–Trinajstić information content (AvgIpc) is 2.45. The third-order valence-electron chi connectivity index (χ3n) is 3.22. The van der Waals surface area contributed by atoms with Gasteiger partial charge in [0.1, 0.15) is 6.04 Å². The van der Waals surface area contributed by atoms with Crippen LogP contribution in [0.3, 0.4) is 0 Å². The Morgan fingerprint density at radius 3 is 2.38 bits per heavy atom. The molecule has 0 saturated carbocycles. The van der Waals surface area contributed by atoms with Gasteiger partial charge in [-0.25, -0.2) is 4.79 Å². The lowest BCUT2D eigenvalue weighted by atomic mass is 10.0. The van der Waals surface area contributed by atoms with Crippen molar-refractivity contribution in [3.05, 3.63) is 35.4 Å². The van der Waals surface area contributed by atoms with Gasteiger partial charge >= 0.3 is 5.97 Å². The molecule has 0 aliphatic carbocycles. The molecule has 0 fully saturated rings. The van der Waals surface area contributed by atoms with E-state index in [0.717, 1.165) is 11.1 Å². The van der Waals surface area contributed by atoms with Gasteiger partial charge in [0.05, 0.1) is 13.5 Å². The van der Waals surface area contributed by atoms with Gasteiger partial charge in [-0.3, -0.25) is 4.79 Å². The number of hydrogen-bond acceptors (Lipinski definition) is 4. The van der Waals surface area contributed by atoms with E-state index in [2.05, 4.69) is 5.32 Å². The van der Waals surface area contributed by atoms with Gasteiger partial charge in [0.2, 0.25) is 5.91 Å². The number of esters is 1. The molecule has 3 N–H and O–H groups in total. The number of ether oxygens (including phenoxy) is 1. The van der Waals surface area contributed by atoms with Gasteiger partial charge in [0.15, 0.2) is 0 Å². The Morgan fingerprint density at radius 1 is 1.24 bits per heavy atom. The van der Waals surface area contributed by atoms with Gasteiger partial charge in [-0.1, -0.05) is 38.1 Å². The molecule has 1 aromatic carbocycles. The lowest BCUT2D eigenvalue weighted by molar-refractivity contribution is -0.145. The van der Waals surface area contributed by atoms with Crippen molar-refractivity contribution in [3.8, 4) is 0 Å². The second kappa shape index (κ2) is 8.42. The van der Waals surface area contributed by atoms with E-state index >= 15 is 0 Å². The number of hydrogen-bond donors (Lipinski definition) is 2. The smallest absolute Gasteiger partial charge is 0.328 e. The van der Waals surface area contributed by atoms with Crippen molar-refractivity contribution >= 4 is 11.9 Å². The molecular weight excluding hydrogens is 268 g/mol. The molecule has 0 aromatic heterocycles. The number of benzene rings is 1. The fraction of sp³-hybridized carbons (Fsp3) is 0.500. The first-order chi connectivity index (χ1) is 9.97. The Kier molecular flexibility index (Phi) is 6.88. The molecule has 1 aromatic rings. The van der Waals surface area contributed by atoms with Crippen LogP contribution >= 0.6 is 0 Å². The summed E-state index contributed by atoms with van der Waals surface area (Å²) in [6.07, 6.45) is 0.760. The van der Waals surface area contributed by atoms with Gasteiger partial charge in [0, 0.05) is 6.54 Å². The fourth-order valence-electron chi connectivity index (χ4n) is 2.18. The second-order valence-electron chi connectivity index (χ2n) is 5.42. The number of methoxy groups -OCH3 is 1. The summed E-state index contributed by atoms with van der Waals surface area (Å²) in [7, 11) is 1.32. The third kappa shape index (κ3) is 5.55. The Bertz CT molecular complexity index is 486. The third-order valence-corrected chi connectivity index (χ3v) is 3.22. The Morgan fingerprint density at radius 2 is 1.86 bits per heavy atom. The molecule has 0 spiro atoms. The van der Waals surface area contributed by atoms with Crippen LogP contribution in [0.2, 0.25) is 0 Å². The second-order valence-corrected chi connectivity index (χ2v) is 5.42. The van der Waals surface area contributed by atoms with Crippen LogP contribution in [0.5, 0.6) is 0 Å². The minimum Gasteiger partial charge on any atom is -0.467 e. The lowest BCUT2D eigenvalue weighted by Gasteiger charge is -2.18. The number of nitrogens with one attached hydrogen (secondary N) is 1. The van der Waals surface area contributed by atoms with Crippen LogP contribution in [0.1, 0.15) is 31.4 Å². The normalized spacial score (nSPS) is 12.0. The number of nitrogens with two attached hydrogens (primary N) is 1. The topological polar surface area (TPSA) is 81.4 Å². The van der Waals surface area contributed by atoms with Crippen LogP contribution in [0.25, 0.3) is 0 Å². The van der Waals surface area contributed by atoms with E-state index in [9.17, 15) is 9.59 Å². The van der Waals surface area contributed by atoms with Crippen LogP contribution in [-0.2, 0) is 27.3 Å². The molecule has 1 rings (SSSR count). The minimum atomic E-state index is -0.604. The summed E-state index contributed by atoms with van der Waals surface area (Å²) in [5.74, 6) is -0.332. The summed E-state index contributed by atoms with van der Waals surface area (Å²) in [5.41, 5.74) is 7.47. The van der Waals surface area contributed by atoms with E-state index in [1.165, 1.54) is 7.11 Å². The largest absolute Gasteiger partial charge is 0.467 e. The first-order valence-electron chi connectivity index (χ1n) is 7.12. The minimum absolute atomic E-state index is 0.202. The number of amides is 1. The van der Waals surface area contributed by atoms with E-state index in [4.69, 9.17) is 10.5 Å². The van der Waals surface area contributed by atoms with E-state index in [1.807, 2.05) is 38.1 Å². The molecule has 0 heterocycles. The van der Waals surface area contributed by atoms with Crippen molar-refractivity contribution in [1.82, 2.24) is 5.32 Å². The summed E-state index contributed by atoms with van der Waals surface area (Å²) in [6, 6.07) is 6.92. The highest BCUT2D eigenvalue weighted by Gasteiger charge is 2.22. The summed E-state index contributed by atoms with van der Waals surface area (Å²) >= 11 is 0. The van der Waals surface area contributed by atoms with Gasteiger partial charge in [-0.2, -0.15) is 0 Å². The number of carbonyl (C=O) groups is 2. The highest BCUT2D eigenvalue weighted by atomic mass is 16.5. The van der Waals surface area contributed by atoms with Crippen LogP contribution in [-0.4, -0.2) is 25.0 Å². The molecule has 0 radical (unpaired) electrons. The SMILES string of the molecule is COC(=O)C(CC(C)C)NC(=O)Cc1ccccc1CN. The molecule has 0 aliphatic rings. The zero-order chi connectivity index (χ0) is 15.8. The summed E-state index contributed by atoms with van der Waals surface area (Å²) in [6.45, 7) is 4.37. The van der Waals surface area contributed by atoms with E-state index in [0.29, 0.717) is 13.0 Å². The quantitative estimate of drug-likeness (QED) is 0.744. The van der Waals surface area contributed by atoms with Crippen molar-refractivity contribution < 1.29 is 14.3 Å². The predicted octanol–water partition coefficient (Wildman–Crippen LogP) is 1.39. The van der Waals surface area contributed by atoms with Crippen molar-refractivity contribution in [2.75, 3.05) is 7.11 Å². The highest BCUT2D eigenvalue weighted by molar-refractivity contribution is 5.85. The van der Waals surface area contributed by atoms with Crippen molar-refractivity contribution in [2.45, 2.75) is 39.3 Å². The van der Waals surface area contributed by atoms with E-state index in [1.54, 1.807) is 0 Å². The molecule has 1 amide bonds. The van der Waals surface area contributed by atoms with Gasteiger partial charge in [-0.15, -0.1) is 0 Å². The fourth-order valence-corrected chi connectivity index (χ4v) is 2.18. The van der Waals surface area contributed by atoms with Crippen LogP contribution in [0.4, 0.5) is 0 Å². The molecular formula is C16H24N2O3. The van der Waals surface area contributed by atoms with Crippen molar-refractivity contribution in [1.29, 1.82) is 0 Å². The summed E-state index contributed by atoms with van der Waals surface area (Å²) in [4.78, 5) is 23.8. The van der Waals surface area contributed by atoms with Crippen LogP contribution in [0.15, 0.2) is 24.3 Å². The summed E-state index contributed by atoms with van der Waals surface area (Å²) in [5, 5.41) is 2.74. The molecule has 5 heteroatoms. The zero-order valence-electron chi connectivity index (χ0n) is 12.9. The molecule has 0 bridgehead atoms. The van der Waals surface area contributed by atoms with Crippen molar-refractivity contribution in [3.63, 3.8) is 0 Å². The first-order valence-corrected chi connectivity index (χ1v) is 7.12. The molecule has 1 unspecified atom stereocenters. The Labute approximate surface area is 125 Å². The summed E-state index contributed by atoms with van der Waals surface area (Å²) < 4.78 is 4.74. The molecule has 0 saturated heterocycles. The maximum atomic E-state index is 12.1. The van der Waals surface area contributed by atoms with E-state index in [-0.39, 0.29) is 18.2 Å². The maximum absolute atomic E-state index is 12.1. The zero-order valence-corrected chi connectivity index (χ0v) is 12.9. The molecule has 116 valence electrons. The monoisotopic (exact) mass is 292 g/mol. The van der Waals surface area contributed by atoms with Gasteiger partial charge < -0.3 is 15.8 Å². The van der Waals surface area contributed by atoms with E-state index < -0.39 is 12.0 Å². The van der Waals surface area contributed by atoms with Crippen molar-refractivity contribution in [2.24, 2.45) is 11.7 Å². The molecule has 0 aliphatic heterocycles. The molecule has 5 nitrogen and oxygen atoms in total. The average molecular weight is 292 g/mol. The number of rotatable bonds is 7. The molecule has 21 heavy (non-hydrogen) atoms. The van der Waals surface area contributed by atoms with Gasteiger partial charge in [0.25, 0.3) is 0 Å². The maximum Gasteiger partial charge on any atom is 0.328 e. The predicted molar refractivity (Wildman–Crippen MR) is 81.4 cm³/mol. The molecule has 1 atom stereocenters. The first kappa shape index (κ1) is 17.2. The van der Waals surface area contributed by atoms with Crippen LogP contribution in [0, 0.1) is 5.92 Å².